The Kier molecular flexibility index (Phi) is 4.25. The smallest absolute Gasteiger partial charge is 0.232 e. The predicted octanol–water partition coefficient (Wildman–Crippen LogP) is 2.80. The Morgan fingerprint density at radius 1 is 1.19 bits per heavy atom. The standard InChI is InChI=1S/C17H18N2OS/c1-19(15-10-13-4-2-3-5-14(13)11-15)17(20)12-21-16-6-8-18-9-7-16/h2-9,15H,10-12H2,1H3. The number of aromatic nitrogens is 1. The molecule has 3 nitrogen and oxygen atoms in total. The lowest BCUT2D eigenvalue weighted by molar-refractivity contribution is -0.128. The fourth-order valence-electron chi connectivity index (χ4n) is 2.69. The highest BCUT2D eigenvalue weighted by atomic mass is 32.2. The van der Waals surface area contributed by atoms with Crippen LogP contribution in [-0.4, -0.2) is 34.6 Å². The van der Waals surface area contributed by atoms with Crippen LogP contribution in [0.2, 0.25) is 0 Å². The van der Waals surface area contributed by atoms with E-state index in [4.69, 9.17) is 0 Å². The van der Waals surface area contributed by atoms with Crippen LogP contribution < -0.4 is 0 Å². The second-order valence-corrected chi connectivity index (χ2v) is 6.36. The molecule has 1 heterocycles. The third-order valence-electron chi connectivity index (χ3n) is 3.98. The van der Waals surface area contributed by atoms with Gasteiger partial charge in [-0.15, -0.1) is 11.8 Å². The van der Waals surface area contributed by atoms with Crippen LogP contribution >= 0.6 is 11.8 Å². The van der Waals surface area contributed by atoms with Crippen molar-refractivity contribution in [2.45, 2.75) is 23.8 Å². The molecule has 0 fully saturated rings. The molecule has 0 spiro atoms. The Bertz CT molecular complexity index is 605. The first-order chi connectivity index (χ1) is 10.2. The molecule has 0 atom stereocenters. The summed E-state index contributed by atoms with van der Waals surface area (Å²) in [6.07, 6.45) is 5.45. The topological polar surface area (TPSA) is 33.2 Å². The average Bonchev–Trinajstić information content (AvgIpc) is 2.97. The molecule has 1 aromatic carbocycles. The highest BCUT2D eigenvalue weighted by Crippen LogP contribution is 2.25. The molecule has 0 N–H and O–H groups in total. The number of pyridine rings is 1. The Balaban J connectivity index is 1.56. The van der Waals surface area contributed by atoms with Gasteiger partial charge in [0.25, 0.3) is 0 Å². The van der Waals surface area contributed by atoms with E-state index in [2.05, 4.69) is 29.2 Å². The summed E-state index contributed by atoms with van der Waals surface area (Å²) in [7, 11) is 1.92. The van der Waals surface area contributed by atoms with Crippen molar-refractivity contribution in [3.05, 3.63) is 59.9 Å². The van der Waals surface area contributed by atoms with Crippen LogP contribution in [0.1, 0.15) is 11.1 Å². The molecule has 1 aliphatic carbocycles. The van der Waals surface area contributed by atoms with E-state index in [0.717, 1.165) is 17.7 Å². The summed E-state index contributed by atoms with van der Waals surface area (Å²) in [4.78, 5) is 19.3. The van der Waals surface area contributed by atoms with Gasteiger partial charge >= 0.3 is 0 Å². The lowest BCUT2D eigenvalue weighted by Crippen LogP contribution is -2.38. The monoisotopic (exact) mass is 298 g/mol. The molecule has 21 heavy (non-hydrogen) atoms. The minimum Gasteiger partial charge on any atom is -0.341 e. The van der Waals surface area contributed by atoms with Crippen molar-refractivity contribution < 1.29 is 4.79 Å². The molecule has 2 aromatic rings. The SMILES string of the molecule is CN(C(=O)CSc1ccncc1)C1Cc2ccccc2C1. The zero-order valence-electron chi connectivity index (χ0n) is 12.0. The molecule has 1 amide bonds. The Morgan fingerprint density at radius 3 is 2.43 bits per heavy atom. The van der Waals surface area contributed by atoms with Crippen LogP contribution in [0, 0.1) is 0 Å². The Hall–Kier alpha value is -1.81. The minimum atomic E-state index is 0.189. The van der Waals surface area contributed by atoms with E-state index in [9.17, 15) is 4.79 Å². The summed E-state index contributed by atoms with van der Waals surface area (Å²) < 4.78 is 0. The van der Waals surface area contributed by atoms with Gasteiger partial charge in [0.2, 0.25) is 5.91 Å². The molecule has 3 rings (SSSR count). The summed E-state index contributed by atoms with van der Waals surface area (Å²) in [5.74, 6) is 0.669. The molecule has 0 saturated heterocycles. The molecule has 1 aromatic heterocycles. The molecule has 0 bridgehead atoms. The van der Waals surface area contributed by atoms with Crippen LogP contribution in [0.25, 0.3) is 0 Å². The fourth-order valence-corrected chi connectivity index (χ4v) is 3.50. The number of amides is 1. The number of hydrogen-bond acceptors (Lipinski definition) is 3. The molecule has 0 unspecified atom stereocenters. The fraction of sp³-hybridized carbons (Fsp3) is 0.294. The first-order valence-corrected chi connectivity index (χ1v) is 8.08. The predicted molar refractivity (Wildman–Crippen MR) is 85.4 cm³/mol. The van der Waals surface area contributed by atoms with E-state index in [1.807, 2.05) is 24.1 Å². The van der Waals surface area contributed by atoms with E-state index >= 15 is 0 Å². The molecule has 0 saturated carbocycles. The van der Waals surface area contributed by atoms with E-state index in [1.165, 1.54) is 11.1 Å². The van der Waals surface area contributed by atoms with Crippen molar-refractivity contribution in [1.29, 1.82) is 0 Å². The van der Waals surface area contributed by atoms with Gasteiger partial charge < -0.3 is 4.90 Å². The zero-order chi connectivity index (χ0) is 14.7. The van der Waals surface area contributed by atoms with Gasteiger partial charge in [0.1, 0.15) is 0 Å². The van der Waals surface area contributed by atoms with Crippen molar-refractivity contribution in [1.82, 2.24) is 9.88 Å². The van der Waals surface area contributed by atoms with Gasteiger partial charge in [-0.2, -0.15) is 0 Å². The lowest BCUT2D eigenvalue weighted by Gasteiger charge is -2.24. The van der Waals surface area contributed by atoms with Crippen LogP contribution in [0.4, 0.5) is 0 Å². The van der Waals surface area contributed by atoms with Gasteiger partial charge in [-0.1, -0.05) is 24.3 Å². The van der Waals surface area contributed by atoms with Crippen molar-refractivity contribution in [3.8, 4) is 0 Å². The van der Waals surface area contributed by atoms with Gasteiger partial charge in [-0.3, -0.25) is 9.78 Å². The molecule has 0 aliphatic heterocycles. The number of fused-ring (bicyclic) bond motifs is 1. The number of carbonyl (C=O) groups is 1. The van der Waals surface area contributed by atoms with Crippen LogP contribution in [0.15, 0.2) is 53.7 Å². The molecule has 4 heteroatoms. The Labute approximate surface area is 129 Å². The highest BCUT2D eigenvalue weighted by molar-refractivity contribution is 8.00. The molecular formula is C17H18N2OS. The molecular weight excluding hydrogens is 280 g/mol. The van der Waals surface area contributed by atoms with Crippen molar-refractivity contribution in [3.63, 3.8) is 0 Å². The van der Waals surface area contributed by atoms with E-state index in [1.54, 1.807) is 24.2 Å². The van der Waals surface area contributed by atoms with Crippen LogP contribution in [0.5, 0.6) is 0 Å². The number of likely N-dealkylation sites (N-methyl/N-ethyl adjacent to an activating group) is 1. The Morgan fingerprint density at radius 2 is 1.81 bits per heavy atom. The molecule has 108 valence electrons. The quantitative estimate of drug-likeness (QED) is 0.814. The lowest BCUT2D eigenvalue weighted by atomic mass is 10.1. The summed E-state index contributed by atoms with van der Waals surface area (Å²) in [5.41, 5.74) is 2.76. The maximum Gasteiger partial charge on any atom is 0.232 e. The third-order valence-corrected chi connectivity index (χ3v) is 4.98. The number of benzene rings is 1. The van der Waals surface area contributed by atoms with Crippen molar-refractivity contribution in [2.75, 3.05) is 12.8 Å². The van der Waals surface area contributed by atoms with Gasteiger partial charge in [0.05, 0.1) is 5.75 Å². The van der Waals surface area contributed by atoms with E-state index in [0.29, 0.717) is 11.8 Å². The van der Waals surface area contributed by atoms with Crippen LogP contribution in [-0.2, 0) is 17.6 Å². The summed E-state index contributed by atoms with van der Waals surface area (Å²) in [5, 5.41) is 0. The summed E-state index contributed by atoms with van der Waals surface area (Å²) >= 11 is 1.57. The first kappa shape index (κ1) is 14.1. The van der Waals surface area contributed by atoms with Gasteiger partial charge in [0.15, 0.2) is 0 Å². The highest BCUT2D eigenvalue weighted by Gasteiger charge is 2.26. The number of thioether (sulfide) groups is 1. The maximum absolute atomic E-state index is 12.3. The largest absolute Gasteiger partial charge is 0.341 e. The van der Waals surface area contributed by atoms with E-state index < -0.39 is 0 Å². The van der Waals surface area contributed by atoms with Crippen molar-refractivity contribution in [2.24, 2.45) is 0 Å². The van der Waals surface area contributed by atoms with Gasteiger partial charge in [-0.05, 0) is 36.1 Å². The number of hydrogen-bond donors (Lipinski definition) is 0. The van der Waals surface area contributed by atoms with Gasteiger partial charge in [0, 0.05) is 30.4 Å². The average molecular weight is 298 g/mol. The second-order valence-electron chi connectivity index (χ2n) is 5.31. The van der Waals surface area contributed by atoms with Gasteiger partial charge in [-0.25, -0.2) is 0 Å². The normalized spacial score (nSPS) is 14.0. The second kappa shape index (κ2) is 6.31. The maximum atomic E-state index is 12.3. The number of rotatable bonds is 4. The molecule has 1 aliphatic rings. The minimum absolute atomic E-state index is 0.189. The van der Waals surface area contributed by atoms with Crippen LogP contribution in [0.3, 0.4) is 0 Å². The summed E-state index contributed by atoms with van der Waals surface area (Å²) in [6, 6.07) is 12.6. The third kappa shape index (κ3) is 3.27. The molecule has 0 radical (unpaired) electrons. The van der Waals surface area contributed by atoms with Crippen molar-refractivity contribution >= 4 is 17.7 Å². The van der Waals surface area contributed by atoms with E-state index in [-0.39, 0.29) is 5.91 Å². The number of nitrogens with zero attached hydrogens (tertiary/aromatic N) is 2. The summed E-state index contributed by atoms with van der Waals surface area (Å²) in [6.45, 7) is 0. The zero-order valence-corrected chi connectivity index (χ0v) is 12.8. The first-order valence-electron chi connectivity index (χ1n) is 7.09. The number of carbonyl (C=O) groups excluding carboxylic acids is 1.